The predicted octanol–water partition coefficient (Wildman–Crippen LogP) is 3.84. The second kappa shape index (κ2) is 7.01. The van der Waals surface area contributed by atoms with E-state index < -0.39 is 0 Å². The molecule has 1 heterocycles. The SMILES string of the molecule is CN1CCC(CCCOc2cccc(Cl)c2)CC1. The number of nitrogens with zero attached hydrogens (tertiary/aromatic N) is 1. The summed E-state index contributed by atoms with van der Waals surface area (Å²) in [5.41, 5.74) is 0. The van der Waals surface area contributed by atoms with Crippen molar-refractivity contribution in [3.8, 4) is 5.75 Å². The van der Waals surface area contributed by atoms with Crippen LogP contribution >= 0.6 is 11.6 Å². The number of ether oxygens (including phenoxy) is 1. The van der Waals surface area contributed by atoms with Crippen molar-refractivity contribution in [1.29, 1.82) is 0 Å². The monoisotopic (exact) mass is 267 g/mol. The van der Waals surface area contributed by atoms with E-state index in [2.05, 4.69) is 11.9 Å². The molecule has 0 saturated carbocycles. The lowest BCUT2D eigenvalue weighted by atomic mass is 9.93. The van der Waals surface area contributed by atoms with Gasteiger partial charge in [0.05, 0.1) is 6.61 Å². The van der Waals surface area contributed by atoms with Gasteiger partial charge in [-0.1, -0.05) is 17.7 Å². The van der Waals surface area contributed by atoms with Gasteiger partial charge in [0.15, 0.2) is 0 Å². The molecule has 1 saturated heterocycles. The van der Waals surface area contributed by atoms with Gasteiger partial charge in [-0.05, 0) is 69.9 Å². The molecule has 0 unspecified atom stereocenters. The fourth-order valence-corrected chi connectivity index (χ4v) is 2.65. The summed E-state index contributed by atoms with van der Waals surface area (Å²) < 4.78 is 5.70. The standard InChI is InChI=1S/C15H22ClNO/c1-17-9-7-13(8-10-17)4-3-11-18-15-6-2-5-14(16)12-15/h2,5-6,12-13H,3-4,7-11H2,1H3. The normalized spacial score (nSPS) is 17.9. The third-order valence-corrected chi connectivity index (χ3v) is 3.89. The Balaban J connectivity index is 1.61. The van der Waals surface area contributed by atoms with Crippen molar-refractivity contribution >= 4 is 11.6 Å². The topological polar surface area (TPSA) is 12.5 Å². The van der Waals surface area contributed by atoms with E-state index in [0.29, 0.717) is 0 Å². The second-order valence-corrected chi connectivity index (χ2v) is 5.63. The van der Waals surface area contributed by atoms with Gasteiger partial charge in [0.2, 0.25) is 0 Å². The molecule has 1 aromatic carbocycles. The number of benzene rings is 1. The van der Waals surface area contributed by atoms with Crippen molar-refractivity contribution in [2.75, 3.05) is 26.7 Å². The van der Waals surface area contributed by atoms with Crippen LogP contribution in [0.1, 0.15) is 25.7 Å². The lowest BCUT2D eigenvalue weighted by Crippen LogP contribution is -2.30. The van der Waals surface area contributed by atoms with Gasteiger partial charge in [-0.2, -0.15) is 0 Å². The Hall–Kier alpha value is -0.730. The van der Waals surface area contributed by atoms with E-state index in [9.17, 15) is 0 Å². The molecule has 0 atom stereocenters. The molecular weight excluding hydrogens is 246 g/mol. The Morgan fingerprint density at radius 3 is 2.83 bits per heavy atom. The largest absolute Gasteiger partial charge is 0.494 e. The summed E-state index contributed by atoms with van der Waals surface area (Å²) in [5, 5.41) is 0.739. The number of hydrogen-bond donors (Lipinski definition) is 0. The van der Waals surface area contributed by atoms with Crippen molar-refractivity contribution < 1.29 is 4.74 Å². The minimum Gasteiger partial charge on any atom is -0.494 e. The van der Waals surface area contributed by atoms with Gasteiger partial charge in [0, 0.05) is 5.02 Å². The van der Waals surface area contributed by atoms with Crippen LogP contribution in [-0.4, -0.2) is 31.6 Å². The number of hydrogen-bond acceptors (Lipinski definition) is 2. The molecule has 3 heteroatoms. The highest BCUT2D eigenvalue weighted by molar-refractivity contribution is 6.30. The molecule has 0 aliphatic carbocycles. The maximum absolute atomic E-state index is 5.91. The number of halogens is 1. The Labute approximate surface area is 115 Å². The molecule has 0 aromatic heterocycles. The number of likely N-dealkylation sites (tertiary alicyclic amines) is 1. The van der Waals surface area contributed by atoms with Crippen molar-refractivity contribution in [1.82, 2.24) is 4.90 Å². The highest BCUT2D eigenvalue weighted by Gasteiger charge is 2.15. The Morgan fingerprint density at radius 2 is 2.11 bits per heavy atom. The Kier molecular flexibility index (Phi) is 5.33. The van der Waals surface area contributed by atoms with E-state index in [0.717, 1.165) is 29.7 Å². The van der Waals surface area contributed by atoms with Gasteiger partial charge in [0.1, 0.15) is 5.75 Å². The summed E-state index contributed by atoms with van der Waals surface area (Å²) >= 11 is 5.91. The zero-order valence-electron chi connectivity index (χ0n) is 11.1. The van der Waals surface area contributed by atoms with E-state index in [1.165, 1.54) is 32.4 Å². The first-order chi connectivity index (χ1) is 8.74. The van der Waals surface area contributed by atoms with E-state index >= 15 is 0 Å². The zero-order valence-corrected chi connectivity index (χ0v) is 11.8. The van der Waals surface area contributed by atoms with Crippen LogP contribution in [0.4, 0.5) is 0 Å². The van der Waals surface area contributed by atoms with Crippen LogP contribution in [0.25, 0.3) is 0 Å². The Bertz CT molecular complexity index is 361. The fourth-order valence-electron chi connectivity index (χ4n) is 2.47. The maximum Gasteiger partial charge on any atom is 0.120 e. The molecule has 1 aliphatic heterocycles. The number of piperidine rings is 1. The lowest BCUT2D eigenvalue weighted by molar-refractivity contribution is 0.200. The van der Waals surface area contributed by atoms with Crippen molar-refractivity contribution in [3.05, 3.63) is 29.3 Å². The number of rotatable bonds is 5. The molecule has 1 aromatic rings. The van der Waals surface area contributed by atoms with Crippen LogP contribution < -0.4 is 4.74 Å². The minimum atomic E-state index is 0.739. The molecule has 100 valence electrons. The van der Waals surface area contributed by atoms with Crippen LogP contribution in [0.2, 0.25) is 5.02 Å². The molecule has 1 aliphatic rings. The first kappa shape index (κ1) is 13.7. The highest BCUT2D eigenvalue weighted by atomic mass is 35.5. The smallest absolute Gasteiger partial charge is 0.120 e. The molecule has 2 nitrogen and oxygen atoms in total. The van der Waals surface area contributed by atoms with Crippen LogP contribution in [0.3, 0.4) is 0 Å². The zero-order chi connectivity index (χ0) is 12.8. The first-order valence-corrected chi connectivity index (χ1v) is 7.19. The maximum atomic E-state index is 5.91. The van der Waals surface area contributed by atoms with Crippen molar-refractivity contribution in [2.45, 2.75) is 25.7 Å². The minimum absolute atomic E-state index is 0.739. The molecule has 0 radical (unpaired) electrons. The summed E-state index contributed by atoms with van der Waals surface area (Å²) in [7, 11) is 2.21. The van der Waals surface area contributed by atoms with E-state index in [4.69, 9.17) is 16.3 Å². The van der Waals surface area contributed by atoms with Gasteiger partial charge < -0.3 is 9.64 Å². The van der Waals surface area contributed by atoms with Crippen LogP contribution in [-0.2, 0) is 0 Å². The third kappa shape index (κ3) is 4.51. The Morgan fingerprint density at radius 1 is 1.33 bits per heavy atom. The van der Waals surface area contributed by atoms with Gasteiger partial charge in [-0.25, -0.2) is 0 Å². The summed E-state index contributed by atoms with van der Waals surface area (Å²) in [6, 6.07) is 7.63. The van der Waals surface area contributed by atoms with Crippen LogP contribution in [0, 0.1) is 5.92 Å². The molecular formula is C15H22ClNO. The molecule has 0 N–H and O–H groups in total. The van der Waals surface area contributed by atoms with Gasteiger partial charge in [0.25, 0.3) is 0 Å². The van der Waals surface area contributed by atoms with Crippen molar-refractivity contribution in [3.63, 3.8) is 0 Å². The highest BCUT2D eigenvalue weighted by Crippen LogP contribution is 2.22. The third-order valence-electron chi connectivity index (χ3n) is 3.66. The van der Waals surface area contributed by atoms with E-state index in [1.54, 1.807) is 0 Å². The molecule has 18 heavy (non-hydrogen) atoms. The lowest BCUT2D eigenvalue weighted by Gasteiger charge is -2.28. The van der Waals surface area contributed by atoms with Crippen molar-refractivity contribution in [2.24, 2.45) is 5.92 Å². The van der Waals surface area contributed by atoms with E-state index in [1.807, 2.05) is 24.3 Å². The quantitative estimate of drug-likeness (QED) is 0.752. The molecule has 1 fully saturated rings. The molecule has 0 amide bonds. The van der Waals surface area contributed by atoms with Crippen LogP contribution in [0.5, 0.6) is 5.75 Å². The molecule has 2 rings (SSSR count). The second-order valence-electron chi connectivity index (χ2n) is 5.19. The predicted molar refractivity (Wildman–Crippen MR) is 76.4 cm³/mol. The first-order valence-electron chi connectivity index (χ1n) is 6.81. The molecule has 0 bridgehead atoms. The summed E-state index contributed by atoms with van der Waals surface area (Å²) in [6.07, 6.45) is 5.11. The molecule has 0 spiro atoms. The van der Waals surface area contributed by atoms with Gasteiger partial charge in [-0.15, -0.1) is 0 Å². The average Bonchev–Trinajstić information content (AvgIpc) is 2.37. The van der Waals surface area contributed by atoms with Crippen LogP contribution in [0.15, 0.2) is 24.3 Å². The average molecular weight is 268 g/mol. The van der Waals surface area contributed by atoms with Gasteiger partial charge >= 0.3 is 0 Å². The summed E-state index contributed by atoms with van der Waals surface area (Å²) in [6.45, 7) is 3.30. The summed E-state index contributed by atoms with van der Waals surface area (Å²) in [5.74, 6) is 1.77. The summed E-state index contributed by atoms with van der Waals surface area (Å²) in [4.78, 5) is 2.42. The van der Waals surface area contributed by atoms with Gasteiger partial charge in [-0.3, -0.25) is 0 Å². The van der Waals surface area contributed by atoms with E-state index in [-0.39, 0.29) is 0 Å². The fraction of sp³-hybridized carbons (Fsp3) is 0.600.